The van der Waals surface area contributed by atoms with Gasteiger partial charge in [0.25, 0.3) is 11.1 Å². The third-order valence-electron chi connectivity index (χ3n) is 3.50. The highest BCUT2D eigenvalue weighted by atomic mass is 32.2. The Labute approximate surface area is 144 Å². The molecule has 6 nitrogen and oxygen atoms in total. The van der Waals surface area contributed by atoms with Gasteiger partial charge in [-0.25, -0.2) is 0 Å². The van der Waals surface area contributed by atoms with Crippen molar-refractivity contribution < 1.29 is 23.9 Å². The summed E-state index contributed by atoms with van der Waals surface area (Å²) < 4.78 is 10.3. The molecule has 1 aromatic carbocycles. The summed E-state index contributed by atoms with van der Waals surface area (Å²) in [5.74, 6) is -0.501. The Hall–Kier alpha value is -2.28. The van der Waals surface area contributed by atoms with Gasteiger partial charge in [-0.1, -0.05) is 25.1 Å². The average Bonchev–Trinajstić information content (AvgIpc) is 2.83. The predicted molar refractivity (Wildman–Crippen MR) is 91.5 cm³/mol. The average molecular weight is 349 g/mol. The molecule has 128 valence electrons. The van der Waals surface area contributed by atoms with E-state index in [1.807, 2.05) is 38.1 Å². The van der Waals surface area contributed by atoms with Crippen molar-refractivity contribution >= 4 is 35.0 Å². The summed E-state index contributed by atoms with van der Waals surface area (Å²) in [6.07, 6.45) is 2.50. The molecule has 2 rings (SSSR count). The van der Waals surface area contributed by atoms with E-state index in [9.17, 15) is 14.4 Å². The zero-order chi connectivity index (χ0) is 17.7. The lowest BCUT2D eigenvalue weighted by molar-refractivity contribution is -0.143. The van der Waals surface area contributed by atoms with E-state index < -0.39 is 17.1 Å². The van der Waals surface area contributed by atoms with E-state index in [-0.39, 0.29) is 17.6 Å². The zero-order valence-electron chi connectivity index (χ0n) is 13.8. The quantitative estimate of drug-likeness (QED) is 0.580. The fraction of sp³-hybridized carbons (Fsp3) is 0.353. The van der Waals surface area contributed by atoms with Crippen LogP contribution < -0.4 is 4.74 Å². The number of carbonyl (C=O) groups is 3. The molecule has 2 amide bonds. The van der Waals surface area contributed by atoms with Crippen LogP contribution in [0.2, 0.25) is 0 Å². The third-order valence-corrected chi connectivity index (χ3v) is 4.40. The molecule has 0 bridgehead atoms. The molecule has 0 N–H and O–H groups in total. The molecule has 1 heterocycles. The first-order valence-corrected chi connectivity index (χ1v) is 8.35. The molecule has 1 aliphatic rings. The van der Waals surface area contributed by atoms with E-state index in [1.54, 1.807) is 6.08 Å². The lowest BCUT2D eigenvalue weighted by Crippen LogP contribution is -2.34. The Bertz CT molecular complexity index is 685. The number of esters is 1. The van der Waals surface area contributed by atoms with Crippen LogP contribution in [0, 0.1) is 0 Å². The van der Waals surface area contributed by atoms with Crippen LogP contribution >= 0.6 is 11.8 Å². The topological polar surface area (TPSA) is 72.9 Å². The van der Waals surface area contributed by atoms with Crippen molar-refractivity contribution in [3.63, 3.8) is 0 Å². The second kappa shape index (κ2) is 8.01. The van der Waals surface area contributed by atoms with E-state index in [0.717, 1.165) is 23.1 Å². The summed E-state index contributed by atoms with van der Waals surface area (Å²) in [7, 11) is 1.21. The van der Waals surface area contributed by atoms with Gasteiger partial charge < -0.3 is 9.47 Å². The minimum Gasteiger partial charge on any atom is -0.490 e. The minimum absolute atomic E-state index is 0.0361. The van der Waals surface area contributed by atoms with E-state index in [4.69, 9.17) is 4.74 Å². The van der Waals surface area contributed by atoms with Crippen molar-refractivity contribution in [1.82, 2.24) is 4.90 Å². The van der Waals surface area contributed by atoms with Crippen LogP contribution in [-0.4, -0.2) is 41.8 Å². The highest BCUT2D eigenvalue weighted by molar-refractivity contribution is 8.18. The Morgan fingerprint density at radius 2 is 2.04 bits per heavy atom. The summed E-state index contributed by atoms with van der Waals surface area (Å²) in [4.78, 5) is 36.7. The molecule has 1 fully saturated rings. The van der Waals surface area contributed by atoms with Crippen LogP contribution in [0.3, 0.4) is 0 Å². The van der Waals surface area contributed by atoms with Crippen molar-refractivity contribution in [3.05, 3.63) is 34.7 Å². The second-order valence-corrected chi connectivity index (χ2v) is 6.21. The van der Waals surface area contributed by atoms with Crippen LogP contribution in [0.15, 0.2) is 29.2 Å². The first-order chi connectivity index (χ1) is 11.5. The Morgan fingerprint density at radius 3 is 2.71 bits per heavy atom. The Kier molecular flexibility index (Phi) is 6.03. The highest BCUT2D eigenvalue weighted by Crippen LogP contribution is 2.34. The fourth-order valence-electron chi connectivity index (χ4n) is 1.98. The summed E-state index contributed by atoms with van der Waals surface area (Å²) in [6.45, 7) is 3.59. The molecule has 0 radical (unpaired) electrons. The summed E-state index contributed by atoms with van der Waals surface area (Å²) >= 11 is 0.798. The molecule has 24 heavy (non-hydrogen) atoms. The monoisotopic (exact) mass is 349 g/mol. The number of thioether (sulfide) groups is 1. The van der Waals surface area contributed by atoms with Gasteiger partial charge in [0.1, 0.15) is 12.3 Å². The molecular weight excluding hydrogens is 330 g/mol. The molecule has 0 saturated carbocycles. The molecule has 7 heteroatoms. The number of rotatable bonds is 6. The van der Waals surface area contributed by atoms with E-state index in [0.29, 0.717) is 11.3 Å². The van der Waals surface area contributed by atoms with Gasteiger partial charge in [-0.3, -0.25) is 19.3 Å². The van der Waals surface area contributed by atoms with Gasteiger partial charge in [0, 0.05) is 5.56 Å². The van der Waals surface area contributed by atoms with Gasteiger partial charge in [0.15, 0.2) is 0 Å². The Morgan fingerprint density at radius 1 is 1.33 bits per heavy atom. The van der Waals surface area contributed by atoms with Gasteiger partial charge in [-0.15, -0.1) is 0 Å². The van der Waals surface area contributed by atoms with Crippen LogP contribution in [0.4, 0.5) is 4.79 Å². The molecular formula is C17H19NO5S. The molecule has 0 aromatic heterocycles. The molecule has 0 spiro atoms. The van der Waals surface area contributed by atoms with E-state index in [1.165, 1.54) is 7.11 Å². The number of nitrogens with zero attached hydrogens (tertiary/aromatic N) is 1. The number of amides is 2. The molecule has 1 aromatic rings. The lowest BCUT2D eigenvalue weighted by atomic mass is 10.1. The van der Waals surface area contributed by atoms with Crippen molar-refractivity contribution in [1.29, 1.82) is 0 Å². The van der Waals surface area contributed by atoms with Gasteiger partial charge >= 0.3 is 5.97 Å². The van der Waals surface area contributed by atoms with Crippen molar-refractivity contribution in [2.45, 2.75) is 26.4 Å². The smallest absolute Gasteiger partial charge is 0.325 e. The minimum atomic E-state index is -0.640. The SMILES string of the molecule is CCC(C)Oc1ccccc1/C=C1\SC(=O)N(CC(=O)OC)C1=O. The van der Waals surface area contributed by atoms with Crippen LogP contribution in [0.5, 0.6) is 5.75 Å². The van der Waals surface area contributed by atoms with Crippen LogP contribution in [0.1, 0.15) is 25.8 Å². The first kappa shape index (κ1) is 18.1. The van der Waals surface area contributed by atoms with Gasteiger partial charge in [0.05, 0.1) is 18.1 Å². The van der Waals surface area contributed by atoms with Gasteiger partial charge in [-0.2, -0.15) is 0 Å². The van der Waals surface area contributed by atoms with Crippen LogP contribution in [0.25, 0.3) is 6.08 Å². The number of methoxy groups -OCH3 is 1. The maximum Gasteiger partial charge on any atom is 0.325 e. The predicted octanol–water partition coefficient (Wildman–Crippen LogP) is 3.07. The van der Waals surface area contributed by atoms with Gasteiger partial charge in [0.2, 0.25) is 0 Å². The largest absolute Gasteiger partial charge is 0.490 e. The Balaban J connectivity index is 2.24. The standard InChI is InChI=1S/C17H19NO5S/c1-4-11(2)23-13-8-6-5-7-12(13)9-14-16(20)18(17(21)24-14)10-15(19)22-3/h5-9,11H,4,10H2,1-3H3/b14-9-. The lowest BCUT2D eigenvalue weighted by Gasteiger charge is -2.14. The van der Waals surface area contributed by atoms with Crippen molar-refractivity contribution in [2.24, 2.45) is 0 Å². The van der Waals surface area contributed by atoms with Gasteiger partial charge in [-0.05, 0) is 37.2 Å². The molecule has 1 saturated heterocycles. The number of hydrogen-bond donors (Lipinski definition) is 0. The number of benzene rings is 1. The first-order valence-electron chi connectivity index (χ1n) is 7.54. The molecule has 1 atom stereocenters. The number of carbonyl (C=O) groups excluding carboxylic acids is 3. The molecule has 1 unspecified atom stereocenters. The maximum absolute atomic E-state index is 12.3. The number of imide groups is 1. The van der Waals surface area contributed by atoms with E-state index >= 15 is 0 Å². The summed E-state index contributed by atoms with van der Waals surface area (Å²) in [5, 5.41) is -0.489. The zero-order valence-corrected chi connectivity index (χ0v) is 14.6. The normalized spacial score (nSPS) is 17.3. The number of para-hydroxylation sites is 1. The fourth-order valence-corrected chi connectivity index (χ4v) is 2.81. The van der Waals surface area contributed by atoms with Crippen LogP contribution in [-0.2, 0) is 14.3 Å². The maximum atomic E-state index is 12.3. The second-order valence-electron chi connectivity index (χ2n) is 5.22. The van der Waals surface area contributed by atoms with E-state index in [2.05, 4.69) is 4.74 Å². The number of ether oxygens (including phenoxy) is 2. The molecule has 0 aliphatic carbocycles. The number of hydrogen-bond acceptors (Lipinski definition) is 6. The summed E-state index contributed by atoms with van der Waals surface area (Å²) in [5.41, 5.74) is 0.710. The third kappa shape index (κ3) is 4.17. The summed E-state index contributed by atoms with van der Waals surface area (Å²) in [6, 6.07) is 7.30. The molecule has 1 aliphatic heterocycles. The highest BCUT2D eigenvalue weighted by Gasteiger charge is 2.36. The van der Waals surface area contributed by atoms with Crippen molar-refractivity contribution in [2.75, 3.05) is 13.7 Å². The van der Waals surface area contributed by atoms with Crippen molar-refractivity contribution in [3.8, 4) is 5.75 Å².